The Bertz CT molecular complexity index is 402. The first-order chi connectivity index (χ1) is 8.31. The Hall–Kier alpha value is -1.02. The Labute approximate surface area is 103 Å². The molecule has 1 saturated heterocycles. The fourth-order valence-corrected chi connectivity index (χ4v) is 3.03. The van der Waals surface area contributed by atoms with Crippen LogP contribution in [0.5, 0.6) is 0 Å². The van der Waals surface area contributed by atoms with Gasteiger partial charge in [-0.25, -0.2) is 0 Å². The van der Waals surface area contributed by atoms with Gasteiger partial charge in [0.15, 0.2) is 0 Å². The number of nitrogens with one attached hydrogen (secondary N) is 1. The van der Waals surface area contributed by atoms with E-state index in [0.717, 1.165) is 19.4 Å². The average molecular weight is 231 g/mol. The molecule has 1 aromatic rings. The summed E-state index contributed by atoms with van der Waals surface area (Å²) >= 11 is 0. The van der Waals surface area contributed by atoms with Crippen molar-refractivity contribution in [3.63, 3.8) is 0 Å². The molecule has 1 aromatic carbocycles. The molecule has 2 aliphatic rings. The second kappa shape index (κ2) is 4.69. The summed E-state index contributed by atoms with van der Waals surface area (Å²) < 4.78 is 5.58. The van der Waals surface area contributed by atoms with E-state index in [0.29, 0.717) is 12.1 Å². The monoisotopic (exact) mass is 231 g/mol. The Balaban J connectivity index is 1.68. The molecule has 0 bridgehead atoms. The number of hydrogen-bond acceptors (Lipinski definition) is 2. The van der Waals surface area contributed by atoms with Crippen LogP contribution in [0.3, 0.4) is 0 Å². The zero-order chi connectivity index (χ0) is 11.7. The van der Waals surface area contributed by atoms with Crippen LogP contribution in [0.25, 0.3) is 0 Å². The zero-order valence-electron chi connectivity index (χ0n) is 10.5. The van der Waals surface area contributed by atoms with Gasteiger partial charge in [-0.05, 0) is 62.3 Å². The smallest absolute Gasteiger partial charge is 0.0566 e. The summed E-state index contributed by atoms with van der Waals surface area (Å²) in [5, 5.41) is 3.66. The minimum Gasteiger partial charge on any atom is -0.382 e. The van der Waals surface area contributed by atoms with Gasteiger partial charge in [0, 0.05) is 18.3 Å². The zero-order valence-corrected chi connectivity index (χ0v) is 10.5. The van der Waals surface area contributed by atoms with E-state index in [9.17, 15) is 0 Å². The lowest BCUT2D eigenvalue weighted by atomic mass is 10.0. The topological polar surface area (TPSA) is 21.3 Å². The predicted molar refractivity (Wildman–Crippen MR) is 70.5 cm³/mol. The maximum absolute atomic E-state index is 5.58. The number of hydrogen-bond donors (Lipinski definition) is 1. The molecule has 1 aliphatic carbocycles. The number of ether oxygens (including phenoxy) is 1. The van der Waals surface area contributed by atoms with E-state index >= 15 is 0 Å². The van der Waals surface area contributed by atoms with E-state index in [2.05, 4.69) is 30.4 Å². The van der Waals surface area contributed by atoms with Crippen molar-refractivity contribution in [2.24, 2.45) is 0 Å². The highest BCUT2D eigenvalue weighted by molar-refractivity contribution is 5.50. The molecule has 2 unspecified atom stereocenters. The summed E-state index contributed by atoms with van der Waals surface area (Å²) in [7, 11) is 0. The number of rotatable bonds is 2. The molecular weight excluding hydrogens is 210 g/mol. The normalized spacial score (nSPS) is 27.8. The SMILES string of the molecule is CC1CC(Nc2ccc3c(c2)CCC3)CCO1. The molecule has 0 spiro atoms. The van der Waals surface area contributed by atoms with Crippen molar-refractivity contribution in [1.82, 2.24) is 0 Å². The van der Waals surface area contributed by atoms with Crippen molar-refractivity contribution in [3.05, 3.63) is 29.3 Å². The van der Waals surface area contributed by atoms with Crippen molar-refractivity contribution in [3.8, 4) is 0 Å². The van der Waals surface area contributed by atoms with Gasteiger partial charge < -0.3 is 10.1 Å². The van der Waals surface area contributed by atoms with Crippen LogP contribution in [-0.4, -0.2) is 18.8 Å². The van der Waals surface area contributed by atoms with Crippen LogP contribution in [0.2, 0.25) is 0 Å². The van der Waals surface area contributed by atoms with Crippen molar-refractivity contribution in [2.45, 2.75) is 51.2 Å². The molecule has 0 amide bonds. The van der Waals surface area contributed by atoms with E-state index in [4.69, 9.17) is 4.74 Å². The highest BCUT2D eigenvalue weighted by Gasteiger charge is 2.19. The highest BCUT2D eigenvalue weighted by Crippen LogP contribution is 2.26. The lowest BCUT2D eigenvalue weighted by molar-refractivity contribution is 0.0232. The number of aryl methyl sites for hydroxylation is 2. The molecule has 3 rings (SSSR count). The van der Waals surface area contributed by atoms with Gasteiger partial charge in [-0.3, -0.25) is 0 Å². The molecule has 1 N–H and O–H groups in total. The van der Waals surface area contributed by atoms with Crippen molar-refractivity contribution >= 4 is 5.69 Å². The average Bonchev–Trinajstić information content (AvgIpc) is 2.76. The third kappa shape index (κ3) is 2.47. The number of benzene rings is 1. The molecule has 17 heavy (non-hydrogen) atoms. The molecular formula is C15H21NO. The van der Waals surface area contributed by atoms with Crippen molar-refractivity contribution < 1.29 is 4.74 Å². The van der Waals surface area contributed by atoms with Gasteiger partial charge in [-0.1, -0.05) is 6.07 Å². The van der Waals surface area contributed by atoms with Crippen LogP contribution >= 0.6 is 0 Å². The fraction of sp³-hybridized carbons (Fsp3) is 0.600. The Morgan fingerprint density at radius 2 is 2.12 bits per heavy atom. The van der Waals surface area contributed by atoms with Crippen molar-refractivity contribution in [1.29, 1.82) is 0 Å². The molecule has 0 aromatic heterocycles. The summed E-state index contributed by atoms with van der Waals surface area (Å²) in [4.78, 5) is 0. The van der Waals surface area contributed by atoms with Crippen LogP contribution in [0.1, 0.15) is 37.3 Å². The highest BCUT2D eigenvalue weighted by atomic mass is 16.5. The van der Waals surface area contributed by atoms with E-state index < -0.39 is 0 Å². The van der Waals surface area contributed by atoms with E-state index in [1.807, 2.05) is 0 Å². The predicted octanol–water partition coefficient (Wildman–Crippen LogP) is 3.15. The molecule has 1 fully saturated rings. The summed E-state index contributed by atoms with van der Waals surface area (Å²) in [6.45, 7) is 3.06. The fourth-order valence-electron chi connectivity index (χ4n) is 3.03. The lowest BCUT2D eigenvalue weighted by Crippen LogP contribution is -2.32. The van der Waals surface area contributed by atoms with Gasteiger partial charge in [-0.15, -0.1) is 0 Å². The summed E-state index contributed by atoms with van der Waals surface area (Å²) in [5.74, 6) is 0. The number of fused-ring (bicyclic) bond motifs is 1. The summed E-state index contributed by atoms with van der Waals surface area (Å²) in [5.41, 5.74) is 4.40. The second-order valence-electron chi connectivity index (χ2n) is 5.38. The molecule has 1 heterocycles. The molecule has 2 nitrogen and oxygen atoms in total. The Morgan fingerprint density at radius 3 is 3.00 bits per heavy atom. The minimum atomic E-state index is 0.399. The van der Waals surface area contributed by atoms with Gasteiger partial charge in [0.05, 0.1) is 6.10 Å². The summed E-state index contributed by atoms with van der Waals surface area (Å²) in [6.07, 6.45) is 6.50. The Morgan fingerprint density at radius 1 is 1.24 bits per heavy atom. The molecule has 1 aliphatic heterocycles. The maximum Gasteiger partial charge on any atom is 0.0566 e. The standard InChI is InChI=1S/C15H21NO/c1-11-9-15(7-8-17-11)16-14-6-5-12-3-2-4-13(12)10-14/h5-6,10-11,15-16H,2-4,7-9H2,1H3. The van der Waals surface area contributed by atoms with Crippen LogP contribution in [0, 0.1) is 0 Å². The third-order valence-electron chi connectivity index (χ3n) is 3.95. The van der Waals surface area contributed by atoms with Crippen LogP contribution in [0.15, 0.2) is 18.2 Å². The molecule has 92 valence electrons. The molecule has 2 heteroatoms. The molecule has 2 atom stereocenters. The lowest BCUT2D eigenvalue weighted by Gasteiger charge is -2.28. The third-order valence-corrected chi connectivity index (χ3v) is 3.95. The minimum absolute atomic E-state index is 0.399. The van der Waals surface area contributed by atoms with Gasteiger partial charge in [0.1, 0.15) is 0 Å². The van der Waals surface area contributed by atoms with E-state index in [-0.39, 0.29) is 0 Å². The van der Waals surface area contributed by atoms with Crippen molar-refractivity contribution in [2.75, 3.05) is 11.9 Å². The Kier molecular flexibility index (Phi) is 3.06. The van der Waals surface area contributed by atoms with Crippen LogP contribution in [-0.2, 0) is 17.6 Å². The first kappa shape index (κ1) is 11.1. The number of anilines is 1. The van der Waals surface area contributed by atoms with Crippen LogP contribution in [0.4, 0.5) is 5.69 Å². The van der Waals surface area contributed by atoms with E-state index in [1.165, 1.54) is 24.9 Å². The van der Waals surface area contributed by atoms with Crippen LogP contribution < -0.4 is 5.32 Å². The first-order valence-electron chi connectivity index (χ1n) is 6.81. The maximum atomic E-state index is 5.58. The van der Waals surface area contributed by atoms with Gasteiger partial charge >= 0.3 is 0 Å². The molecule has 0 radical (unpaired) electrons. The largest absolute Gasteiger partial charge is 0.382 e. The summed E-state index contributed by atoms with van der Waals surface area (Å²) in [6, 6.07) is 7.47. The van der Waals surface area contributed by atoms with Gasteiger partial charge in [0.2, 0.25) is 0 Å². The van der Waals surface area contributed by atoms with Gasteiger partial charge in [0.25, 0.3) is 0 Å². The first-order valence-corrected chi connectivity index (χ1v) is 6.81. The quantitative estimate of drug-likeness (QED) is 0.844. The molecule has 0 saturated carbocycles. The second-order valence-corrected chi connectivity index (χ2v) is 5.38. The van der Waals surface area contributed by atoms with E-state index in [1.54, 1.807) is 11.1 Å². The van der Waals surface area contributed by atoms with Gasteiger partial charge in [-0.2, -0.15) is 0 Å².